The van der Waals surface area contributed by atoms with E-state index in [1.165, 1.54) is 13.3 Å². The molecule has 154 valence electrons. The lowest BCUT2D eigenvalue weighted by molar-refractivity contribution is 0.0386. The van der Waals surface area contributed by atoms with Crippen LogP contribution in [-0.2, 0) is 27.9 Å². The molecule has 0 amide bonds. The van der Waals surface area contributed by atoms with E-state index in [1.807, 2.05) is 19.1 Å². The summed E-state index contributed by atoms with van der Waals surface area (Å²) in [6, 6.07) is 10.7. The van der Waals surface area contributed by atoms with Crippen LogP contribution in [0, 0.1) is 0 Å². The summed E-state index contributed by atoms with van der Waals surface area (Å²) in [6.45, 7) is 4.94. The van der Waals surface area contributed by atoms with E-state index in [-0.39, 0.29) is 12.3 Å². The minimum atomic E-state index is -3.29. The number of hydrogen-bond acceptors (Lipinski definition) is 5. The van der Waals surface area contributed by atoms with Crippen LogP contribution in [-0.4, -0.2) is 39.6 Å². The first-order valence-electron chi connectivity index (χ1n) is 9.03. The maximum Gasteiger partial charge on any atom is 0.215 e. The van der Waals surface area contributed by atoms with Crippen molar-refractivity contribution in [3.05, 3.63) is 59.5 Å². The number of aliphatic hydroxyl groups is 1. The SMILES string of the molecule is CCNC(=NCc1ccc(CS(=O)(=O)NC)cc1)NCC(C)(O)c1ccco1. The summed E-state index contributed by atoms with van der Waals surface area (Å²) in [6.07, 6.45) is 1.52. The summed E-state index contributed by atoms with van der Waals surface area (Å²) in [7, 11) is -1.89. The summed E-state index contributed by atoms with van der Waals surface area (Å²) >= 11 is 0. The van der Waals surface area contributed by atoms with Crippen LogP contribution >= 0.6 is 0 Å². The molecule has 2 rings (SSSR count). The molecule has 28 heavy (non-hydrogen) atoms. The van der Waals surface area contributed by atoms with E-state index >= 15 is 0 Å². The lowest BCUT2D eigenvalue weighted by Crippen LogP contribution is -2.44. The summed E-state index contributed by atoms with van der Waals surface area (Å²) < 4.78 is 30.8. The highest BCUT2D eigenvalue weighted by molar-refractivity contribution is 7.88. The van der Waals surface area contributed by atoms with Crippen LogP contribution in [0.15, 0.2) is 52.1 Å². The molecule has 9 heteroatoms. The third kappa shape index (κ3) is 6.66. The molecule has 0 saturated heterocycles. The van der Waals surface area contributed by atoms with Crippen LogP contribution in [0.5, 0.6) is 0 Å². The number of guanidine groups is 1. The Morgan fingerprint density at radius 3 is 2.43 bits per heavy atom. The molecule has 1 unspecified atom stereocenters. The second-order valence-corrected chi connectivity index (χ2v) is 8.51. The Kier molecular flexibility index (Phi) is 7.61. The molecule has 0 radical (unpaired) electrons. The van der Waals surface area contributed by atoms with Crippen molar-refractivity contribution in [2.24, 2.45) is 4.99 Å². The monoisotopic (exact) mass is 408 g/mol. The first-order chi connectivity index (χ1) is 13.3. The van der Waals surface area contributed by atoms with Gasteiger partial charge in [0.25, 0.3) is 0 Å². The van der Waals surface area contributed by atoms with Crippen LogP contribution in [0.1, 0.15) is 30.7 Å². The first kappa shape index (κ1) is 21.9. The Balaban J connectivity index is 1.98. The predicted octanol–water partition coefficient (Wildman–Crippen LogP) is 1.29. The van der Waals surface area contributed by atoms with Gasteiger partial charge >= 0.3 is 0 Å². The molecule has 1 aromatic heterocycles. The number of sulfonamides is 1. The van der Waals surface area contributed by atoms with Crippen LogP contribution < -0.4 is 15.4 Å². The number of hydrogen-bond donors (Lipinski definition) is 4. The molecule has 0 aliphatic carbocycles. The lowest BCUT2D eigenvalue weighted by Gasteiger charge is -2.22. The molecule has 2 aromatic rings. The van der Waals surface area contributed by atoms with Crippen molar-refractivity contribution >= 4 is 16.0 Å². The molecule has 0 aliphatic rings. The number of benzene rings is 1. The average Bonchev–Trinajstić information content (AvgIpc) is 3.21. The standard InChI is InChI=1S/C19H28N4O4S/c1-4-21-18(23-14-19(2,24)17-6-5-11-27-17)22-12-15-7-9-16(10-8-15)13-28(25,26)20-3/h5-11,20,24H,4,12-14H2,1-3H3,(H2,21,22,23). The van der Waals surface area contributed by atoms with Crippen molar-refractivity contribution in [3.8, 4) is 0 Å². The minimum absolute atomic E-state index is 0.0564. The Bertz CT molecular complexity index is 860. The van der Waals surface area contributed by atoms with Gasteiger partial charge in [-0.2, -0.15) is 0 Å². The zero-order valence-corrected chi connectivity index (χ0v) is 17.2. The maximum absolute atomic E-state index is 11.6. The van der Waals surface area contributed by atoms with Gasteiger partial charge in [-0.25, -0.2) is 18.1 Å². The van der Waals surface area contributed by atoms with Crippen molar-refractivity contribution in [2.75, 3.05) is 20.1 Å². The van der Waals surface area contributed by atoms with Gasteiger partial charge in [0.05, 0.1) is 25.1 Å². The fourth-order valence-corrected chi connectivity index (χ4v) is 3.25. The largest absolute Gasteiger partial charge is 0.466 e. The molecule has 1 aromatic carbocycles. The number of nitrogens with zero attached hydrogens (tertiary/aromatic N) is 1. The zero-order valence-electron chi connectivity index (χ0n) is 16.4. The van der Waals surface area contributed by atoms with Gasteiger partial charge in [0.2, 0.25) is 10.0 Å². The number of aliphatic imine (C=N–C) groups is 1. The third-order valence-corrected chi connectivity index (χ3v) is 5.44. The first-order valence-corrected chi connectivity index (χ1v) is 10.7. The van der Waals surface area contributed by atoms with Gasteiger partial charge in [0.1, 0.15) is 11.4 Å². The molecular formula is C19H28N4O4S. The highest BCUT2D eigenvalue weighted by atomic mass is 32.2. The quantitative estimate of drug-likeness (QED) is 0.367. The van der Waals surface area contributed by atoms with Crippen molar-refractivity contribution < 1.29 is 17.9 Å². The van der Waals surface area contributed by atoms with E-state index in [0.29, 0.717) is 30.4 Å². The number of rotatable bonds is 9. The van der Waals surface area contributed by atoms with E-state index in [4.69, 9.17) is 4.42 Å². The zero-order chi connectivity index (χ0) is 20.6. The van der Waals surface area contributed by atoms with E-state index in [1.54, 1.807) is 31.2 Å². The fraction of sp³-hybridized carbons (Fsp3) is 0.421. The van der Waals surface area contributed by atoms with Crippen LogP contribution in [0.25, 0.3) is 0 Å². The molecule has 0 spiro atoms. The lowest BCUT2D eigenvalue weighted by atomic mass is 10.0. The van der Waals surface area contributed by atoms with E-state index < -0.39 is 15.6 Å². The molecular weight excluding hydrogens is 380 g/mol. The molecule has 4 N–H and O–H groups in total. The van der Waals surface area contributed by atoms with Crippen LogP contribution in [0.2, 0.25) is 0 Å². The normalized spacial score (nSPS) is 14.5. The maximum atomic E-state index is 11.6. The van der Waals surface area contributed by atoms with Gasteiger partial charge in [-0.15, -0.1) is 0 Å². The number of furan rings is 1. The number of nitrogens with one attached hydrogen (secondary N) is 3. The van der Waals surface area contributed by atoms with Crippen molar-refractivity contribution in [1.29, 1.82) is 0 Å². The van der Waals surface area contributed by atoms with Gasteiger partial charge in [0, 0.05) is 6.54 Å². The Hall–Kier alpha value is -2.36. The van der Waals surface area contributed by atoms with Crippen LogP contribution in [0.3, 0.4) is 0 Å². The van der Waals surface area contributed by atoms with E-state index in [2.05, 4.69) is 20.3 Å². The third-order valence-electron chi connectivity index (χ3n) is 4.11. The molecule has 8 nitrogen and oxygen atoms in total. The van der Waals surface area contributed by atoms with Gasteiger partial charge in [-0.3, -0.25) is 0 Å². The summed E-state index contributed by atoms with van der Waals surface area (Å²) in [5, 5.41) is 16.8. The second-order valence-electron chi connectivity index (χ2n) is 6.58. The summed E-state index contributed by atoms with van der Waals surface area (Å²) in [5.74, 6) is 0.984. The predicted molar refractivity (Wildman–Crippen MR) is 109 cm³/mol. The second kappa shape index (κ2) is 9.72. The van der Waals surface area contributed by atoms with Crippen molar-refractivity contribution in [2.45, 2.75) is 31.7 Å². The average molecular weight is 409 g/mol. The van der Waals surface area contributed by atoms with Gasteiger partial charge < -0.3 is 20.2 Å². The van der Waals surface area contributed by atoms with Crippen LogP contribution in [0.4, 0.5) is 0 Å². The Labute approximate surface area is 166 Å². The molecule has 0 saturated carbocycles. The smallest absolute Gasteiger partial charge is 0.215 e. The molecule has 1 heterocycles. The van der Waals surface area contributed by atoms with E-state index in [0.717, 1.165) is 5.56 Å². The highest BCUT2D eigenvalue weighted by Gasteiger charge is 2.26. The van der Waals surface area contributed by atoms with Crippen molar-refractivity contribution in [3.63, 3.8) is 0 Å². The van der Waals surface area contributed by atoms with Gasteiger partial charge in [-0.1, -0.05) is 24.3 Å². The Morgan fingerprint density at radius 1 is 1.18 bits per heavy atom. The summed E-state index contributed by atoms with van der Waals surface area (Å²) in [4.78, 5) is 4.51. The molecule has 0 bridgehead atoms. The Morgan fingerprint density at radius 2 is 1.86 bits per heavy atom. The van der Waals surface area contributed by atoms with Gasteiger partial charge in [-0.05, 0) is 44.2 Å². The van der Waals surface area contributed by atoms with Gasteiger partial charge in [0.15, 0.2) is 5.96 Å². The minimum Gasteiger partial charge on any atom is -0.466 e. The molecule has 0 aliphatic heterocycles. The molecule has 0 fully saturated rings. The summed E-state index contributed by atoms with van der Waals surface area (Å²) in [5.41, 5.74) is 0.488. The fourth-order valence-electron chi connectivity index (χ4n) is 2.47. The highest BCUT2D eigenvalue weighted by Crippen LogP contribution is 2.19. The molecule has 1 atom stereocenters. The van der Waals surface area contributed by atoms with Crippen molar-refractivity contribution in [1.82, 2.24) is 15.4 Å². The topological polar surface area (TPSA) is 116 Å². The van der Waals surface area contributed by atoms with E-state index in [9.17, 15) is 13.5 Å².